The molecule has 1 saturated carbocycles. The van der Waals surface area contributed by atoms with E-state index in [2.05, 4.69) is 0 Å². The van der Waals surface area contributed by atoms with Crippen LogP contribution in [0.25, 0.3) is 0 Å². The monoisotopic (exact) mass is 91.1 g/mol. The van der Waals surface area contributed by atoms with E-state index in [4.69, 9.17) is 12.0 Å². The van der Waals surface area contributed by atoms with Crippen molar-refractivity contribution in [3.8, 4) is 0 Å². The molecule has 1 atom stereocenters. The van der Waals surface area contributed by atoms with Gasteiger partial charge >= 0.3 is 0 Å². The van der Waals surface area contributed by atoms with Crippen molar-refractivity contribution in [2.45, 2.75) is 31.7 Å². The molecule has 6 heavy (non-hydrogen) atoms. The Bertz CT molecular complexity index is 158. The summed E-state index contributed by atoms with van der Waals surface area (Å²) in [6, 6.07) is 0. The number of hydrogen-bond acceptors (Lipinski definition) is 1. The molecule has 0 amide bonds. The Hall–Kier alpha value is -0.0400. The zero-order valence-corrected chi connectivity index (χ0v) is 3.36. The number of rotatable bonds is 0. The maximum Gasteiger partial charge on any atom is 0.0600 e. The molecule has 1 N–H and O–H groups in total. The van der Waals surface area contributed by atoms with E-state index >= 15 is 0 Å². The zero-order valence-electron chi connectivity index (χ0n) is 8.36. The molecule has 1 rings (SSSR count). The zero-order chi connectivity index (χ0) is 8.91. The molecule has 1 nitrogen and oxygen atoms in total. The molecule has 1 fully saturated rings. The molecule has 0 aromatic carbocycles. The van der Waals surface area contributed by atoms with Crippen LogP contribution in [-0.2, 0) is 0 Å². The molecular formula is C5H10O. The van der Waals surface area contributed by atoms with Gasteiger partial charge in [-0.15, -0.1) is 0 Å². The third-order valence-electron chi connectivity index (χ3n) is 0.719. The first-order chi connectivity index (χ1) is 4.71. The van der Waals surface area contributed by atoms with Gasteiger partial charge < -0.3 is 5.11 Å². The fraction of sp³-hybridized carbons (Fsp3) is 1.00. The average molecular weight is 91.2 g/mol. The van der Waals surface area contributed by atoms with Crippen LogP contribution in [0.1, 0.15) is 32.4 Å². The molecule has 0 saturated heterocycles. The third-order valence-corrected chi connectivity index (χ3v) is 0.719. The predicted molar refractivity (Wildman–Crippen MR) is 24.5 cm³/mol. The Morgan fingerprint density at radius 3 is 3.00 bits per heavy atom. The second-order valence-corrected chi connectivity index (χ2v) is 1.25. The van der Waals surface area contributed by atoms with Crippen LogP contribution in [0, 0.1) is 0 Å². The lowest BCUT2D eigenvalue weighted by atomic mass is 10.3. The fourth-order valence-corrected chi connectivity index (χ4v) is 0.408. The van der Waals surface area contributed by atoms with Crippen LogP contribution in [0.5, 0.6) is 0 Å². The molecule has 0 aliphatic heterocycles. The van der Waals surface area contributed by atoms with Crippen LogP contribution < -0.4 is 0 Å². The van der Waals surface area contributed by atoms with Gasteiger partial charge in [0, 0.05) is 5.48 Å². The summed E-state index contributed by atoms with van der Waals surface area (Å²) in [5.74, 6) is 0. The van der Waals surface area contributed by atoms with E-state index in [0.29, 0.717) is 0 Å². The topological polar surface area (TPSA) is 20.2 Å². The van der Waals surface area contributed by atoms with Crippen LogP contribution in [-0.4, -0.2) is 11.2 Å². The molecule has 1 heteroatoms. The molecular weight excluding hydrogens is 76.1 g/mol. The number of hydrogen-bond donors (Lipinski definition) is 1. The van der Waals surface area contributed by atoms with Gasteiger partial charge in [0.25, 0.3) is 0 Å². The molecule has 36 valence electrons. The first kappa shape index (κ1) is 1.22. The highest BCUT2D eigenvalue weighted by molar-refractivity contribution is 4.63. The van der Waals surface area contributed by atoms with Crippen LogP contribution in [0.15, 0.2) is 0 Å². The van der Waals surface area contributed by atoms with Crippen molar-refractivity contribution in [1.82, 2.24) is 0 Å². The van der Waals surface area contributed by atoms with Crippen molar-refractivity contribution in [2.75, 3.05) is 0 Å². The summed E-state index contributed by atoms with van der Waals surface area (Å²) >= 11 is 0. The molecule has 0 spiro atoms. The minimum atomic E-state index is -2.46. The molecule has 0 heterocycles. The minimum Gasteiger partial charge on any atom is -0.393 e. The van der Waals surface area contributed by atoms with E-state index in [-0.39, 0.29) is 12.8 Å². The van der Waals surface area contributed by atoms with E-state index in [1.54, 1.807) is 0 Å². The minimum absolute atomic E-state index is 0.0972. The maximum atomic E-state index is 9.11. The summed E-state index contributed by atoms with van der Waals surface area (Å²) in [5.41, 5.74) is 0. The smallest absolute Gasteiger partial charge is 0.0600 e. The van der Waals surface area contributed by atoms with Gasteiger partial charge in [-0.3, -0.25) is 0 Å². The molecule has 1 unspecified atom stereocenters. The van der Waals surface area contributed by atoms with E-state index in [0.717, 1.165) is 0 Å². The van der Waals surface area contributed by atoms with Crippen molar-refractivity contribution in [1.29, 1.82) is 0 Å². The van der Waals surface area contributed by atoms with Gasteiger partial charge in [-0.05, 0) is 12.8 Å². The molecule has 0 aromatic heterocycles. The van der Waals surface area contributed by atoms with E-state index < -0.39 is 18.8 Å². The molecule has 0 aromatic rings. The van der Waals surface area contributed by atoms with Crippen LogP contribution in [0.3, 0.4) is 0 Å². The van der Waals surface area contributed by atoms with Crippen molar-refractivity contribution in [2.24, 2.45) is 0 Å². The average Bonchev–Trinajstić information content (AvgIpc) is 1.93. The molecule has 0 bridgehead atoms. The number of aliphatic hydroxyl groups is 1. The lowest BCUT2D eigenvalue weighted by molar-refractivity contribution is 0.183. The van der Waals surface area contributed by atoms with Crippen LogP contribution >= 0.6 is 0 Å². The van der Waals surface area contributed by atoms with Gasteiger partial charge in [-0.25, -0.2) is 0 Å². The second kappa shape index (κ2) is 1.61. The van der Waals surface area contributed by atoms with Gasteiger partial charge in [0.1, 0.15) is 0 Å². The van der Waals surface area contributed by atoms with Gasteiger partial charge in [0.05, 0.1) is 7.45 Å². The lowest BCUT2D eigenvalue weighted by Crippen LogP contribution is -1.94. The first-order valence-electron chi connectivity index (χ1n) is 4.43. The summed E-state index contributed by atoms with van der Waals surface area (Å²) < 4.78 is 35.7. The van der Waals surface area contributed by atoms with Crippen LogP contribution in [0.4, 0.5) is 0 Å². The molecule has 1 aliphatic carbocycles. The standard InChI is InChI=1S/C5H10O/c6-5-3-1-2-4-5/h5-6H,1-4H2/i1D2,3D2,5D. The fourth-order valence-electron chi connectivity index (χ4n) is 0.408. The predicted octanol–water partition coefficient (Wildman–Crippen LogP) is 0.921. The normalized spacial score (nSPS) is 75.8. The highest BCUT2D eigenvalue weighted by atomic mass is 16.3. The quantitative estimate of drug-likeness (QED) is 0.470. The van der Waals surface area contributed by atoms with Gasteiger partial charge in [-0.1, -0.05) is 12.8 Å². The Morgan fingerprint density at radius 1 is 2.00 bits per heavy atom. The van der Waals surface area contributed by atoms with Gasteiger partial charge in [0.15, 0.2) is 0 Å². The maximum absolute atomic E-state index is 9.11. The Kier molecular flexibility index (Phi) is 0.327. The largest absolute Gasteiger partial charge is 0.393 e. The molecule has 0 radical (unpaired) electrons. The molecule has 1 aliphatic rings. The van der Waals surface area contributed by atoms with Crippen molar-refractivity contribution >= 4 is 0 Å². The highest BCUT2D eigenvalue weighted by Gasteiger charge is 2.09. The van der Waals surface area contributed by atoms with E-state index in [9.17, 15) is 0 Å². The SMILES string of the molecule is [2H]C1([2H])CCC([2H])(O)C1([2H])[2H]. The Balaban J connectivity index is 3.00. The Labute approximate surface area is 45.0 Å². The summed E-state index contributed by atoms with van der Waals surface area (Å²) in [7, 11) is 0. The highest BCUT2D eigenvalue weighted by Crippen LogP contribution is 2.16. The Morgan fingerprint density at radius 2 is 2.83 bits per heavy atom. The summed E-state index contributed by atoms with van der Waals surface area (Å²) in [6.07, 6.45) is -7.05. The summed E-state index contributed by atoms with van der Waals surface area (Å²) in [5, 5.41) is 9.11. The van der Waals surface area contributed by atoms with Crippen LogP contribution in [0.2, 0.25) is 0 Å². The van der Waals surface area contributed by atoms with Gasteiger partial charge in [-0.2, -0.15) is 0 Å². The summed E-state index contributed by atoms with van der Waals surface area (Å²) in [4.78, 5) is 0. The summed E-state index contributed by atoms with van der Waals surface area (Å²) in [6.45, 7) is 0. The first-order valence-corrected chi connectivity index (χ1v) is 1.93. The van der Waals surface area contributed by atoms with E-state index in [1.807, 2.05) is 0 Å². The lowest BCUT2D eigenvalue weighted by Gasteiger charge is -1.91. The van der Waals surface area contributed by atoms with Crippen molar-refractivity contribution < 1.29 is 12.0 Å². The van der Waals surface area contributed by atoms with Crippen molar-refractivity contribution in [3.05, 3.63) is 0 Å². The van der Waals surface area contributed by atoms with E-state index in [1.165, 1.54) is 0 Å². The van der Waals surface area contributed by atoms with Crippen molar-refractivity contribution in [3.63, 3.8) is 0 Å². The van der Waals surface area contributed by atoms with Gasteiger partial charge in [0.2, 0.25) is 0 Å². The third kappa shape index (κ3) is 0.716. The second-order valence-electron chi connectivity index (χ2n) is 1.25.